The van der Waals surface area contributed by atoms with Crippen LogP contribution in [0, 0.1) is 5.92 Å². The summed E-state index contributed by atoms with van der Waals surface area (Å²) in [6, 6.07) is 12.1. The second-order valence-corrected chi connectivity index (χ2v) is 11.7. The van der Waals surface area contributed by atoms with Gasteiger partial charge in [-0.05, 0) is 42.7 Å². The Kier molecular flexibility index (Phi) is 7.33. The van der Waals surface area contributed by atoms with E-state index in [-0.39, 0.29) is 35.7 Å². The molecule has 33 heavy (non-hydrogen) atoms. The normalized spacial score (nSPS) is 19.3. The predicted octanol–water partition coefficient (Wildman–Crippen LogP) is 3.52. The van der Waals surface area contributed by atoms with Crippen LogP contribution in [-0.4, -0.2) is 49.9 Å². The summed E-state index contributed by atoms with van der Waals surface area (Å²) >= 11 is 7.66. The highest BCUT2D eigenvalue weighted by atomic mass is 35.5. The van der Waals surface area contributed by atoms with Gasteiger partial charge in [0.15, 0.2) is 0 Å². The molecule has 0 spiro atoms. The molecule has 1 atom stereocenters. The third-order valence-electron chi connectivity index (χ3n) is 5.84. The molecule has 1 N–H and O–H groups in total. The minimum absolute atomic E-state index is 0.146. The number of fused-ring (bicyclic) bond motifs is 1. The van der Waals surface area contributed by atoms with E-state index in [0.717, 1.165) is 23.3 Å². The summed E-state index contributed by atoms with van der Waals surface area (Å²) in [7, 11) is -3.65. The number of rotatable bonds is 6. The van der Waals surface area contributed by atoms with Gasteiger partial charge in [0.25, 0.3) is 0 Å². The molecule has 2 aromatic rings. The van der Waals surface area contributed by atoms with Gasteiger partial charge in [0.1, 0.15) is 6.54 Å². The van der Waals surface area contributed by atoms with Crippen molar-refractivity contribution < 1.29 is 18.0 Å². The number of nitrogens with zero attached hydrogens (tertiary/aromatic N) is 2. The molecule has 0 radical (unpaired) electrons. The Hall–Kier alpha value is -2.07. The molecule has 4 rings (SSSR count). The maximum absolute atomic E-state index is 13.1. The van der Waals surface area contributed by atoms with Gasteiger partial charge in [0.2, 0.25) is 21.8 Å². The first-order chi connectivity index (χ1) is 15.8. The summed E-state index contributed by atoms with van der Waals surface area (Å²) in [5, 5.41) is 3.36. The number of hydrogen-bond donors (Lipinski definition) is 1. The van der Waals surface area contributed by atoms with Gasteiger partial charge in [0, 0.05) is 41.2 Å². The number of carbonyl (C=O) groups excluding carboxylic acids is 2. The van der Waals surface area contributed by atoms with E-state index in [2.05, 4.69) is 5.32 Å². The summed E-state index contributed by atoms with van der Waals surface area (Å²) in [6.07, 6.45) is 1.68. The fourth-order valence-electron chi connectivity index (χ4n) is 3.94. The molecular weight excluding hydrogens is 482 g/mol. The Morgan fingerprint density at radius 3 is 2.64 bits per heavy atom. The van der Waals surface area contributed by atoms with E-state index in [9.17, 15) is 18.0 Å². The standard InChI is InChI=1S/C23H26ClN3O4S2/c1-16-15-32-21-9-8-18(33(30,31)26-10-4-5-11-26)12-20(21)27(23(16)29)14-22(28)25-13-17-6-2-3-7-19(17)24/h2-3,6-9,12,16H,4-5,10-11,13-15H2,1H3,(H,25,28). The highest BCUT2D eigenvalue weighted by Crippen LogP contribution is 2.38. The molecule has 176 valence electrons. The molecule has 2 aromatic carbocycles. The largest absolute Gasteiger partial charge is 0.350 e. The van der Waals surface area contributed by atoms with Crippen LogP contribution in [0.3, 0.4) is 0 Å². The van der Waals surface area contributed by atoms with Crippen LogP contribution in [0.2, 0.25) is 5.02 Å². The van der Waals surface area contributed by atoms with Gasteiger partial charge >= 0.3 is 0 Å². The van der Waals surface area contributed by atoms with E-state index in [1.165, 1.54) is 27.0 Å². The predicted molar refractivity (Wildman–Crippen MR) is 130 cm³/mol. The Bertz CT molecular complexity index is 1170. The average Bonchev–Trinajstić information content (AvgIpc) is 3.32. The first kappa shape index (κ1) is 24.1. The van der Waals surface area contributed by atoms with Crippen LogP contribution < -0.4 is 10.2 Å². The first-order valence-electron chi connectivity index (χ1n) is 10.9. The minimum atomic E-state index is -3.65. The highest BCUT2D eigenvalue weighted by molar-refractivity contribution is 7.99. The van der Waals surface area contributed by atoms with E-state index in [4.69, 9.17) is 11.6 Å². The number of sulfonamides is 1. The fourth-order valence-corrected chi connectivity index (χ4v) is 6.73. The van der Waals surface area contributed by atoms with Crippen LogP contribution in [0.4, 0.5) is 5.69 Å². The lowest BCUT2D eigenvalue weighted by molar-refractivity contribution is -0.125. The number of benzene rings is 2. The molecule has 0 aromatic heterocycles. The zero-order valence-electron chi connectivity index (χ0n) is 18.3. The number of hydrogen-bond acceptors (Lipinski definition) is 5. The third kappa shape index (κ3) is 5.21. The van der Waals surface area contributed by atoms with Crippen LogP contribution in [0.15, 0.2) is 52.3 Å². The summed E-state index contributed by atoms with van der Waals surface area (Å²) < 4.78 is 27.7. The van der Waals surface area contributed by atoms with Crippen molar-refractivity contribution in [3.05, 3.63) is 53.1 Å². The average molecular weight is 508 g/mol. The second-order valence-electron chi connectivity index (χ2n) is 8.25. The van der Waals surface area contributed by atoms with Gasteiger partial charge in [-0.25, -0.2) is 8.42 Å². The Morgan fingerprint density at radius 2 is 1.91 bits per heavy atom. The molecule has 0 bridgehead atoms. The van der Waals surface area contributed by atoms with Gasteiger partial charge in [0.05, 0.1) is 10.6 Å². The summed E-state index contributed by atoms with van der Waals surface area (Å²) in [5.41, 5.74) is 1.24. The van der Waals surface area contributed by atoms with Crippen molar-refractivity contribution in [1.29, 1.82) is 0 Å². The number of halogens is 1. The quantitative estimate of drug-likeness (QED) is 0.646. The lowest BCUT2D eigenvalue weighted by atomic mass is 10.1. The zero-order valence-corrected chi connectivity index (χ0v) is 20.7. The lowest BCUT2D eigenvalue weighted by Gasteiger charge is -2.25. The van der Waals surface area contributed by atoms with E-state index < -0.39 is 10.0 Å². The third-order valence-corrected chi connectivity index (χ3v) is 9.42. The molecule has 2 aliphatic rings. The maximum Gasteiger partial charge on any atom is 0.243 e. The van der Waals surface area contributed by atoms with Crippen molar-refractivity contribution >= 4 is 50.9 Å². The molecule has 0 aliphatic carbocycles. The summed E-state index contributed by atoms with van der Waals surface area (Å²) in [4.78, 5) is 28.3. The van der Waals surface area contributed by atoms with Gasteiger partial charge in [-0.1, -0.05) is 36.7 Å². The molecule has 1 fully saturated rings. The Balaban J connectivity index is 1.59. The molecule has 1 unspecified atom stereocenters. The van der Waals surface area contributed by atoms with Crippen molar-refractivity contribution in [3.63, 3.8) is 0 Å². The van der Waals surface area contributed by atoms with Gasteiger partial charge < -0.3 is 10.2 Å². The van der Waals surface area contributed by atoms with Crippen molar-refractivity contribution in [2.45, 2.75) is 36.1 Å². The Morgan fingerprint density at radius 1 is 1.18 bits per heavy atom. The molecule has 10 heteroatoms. The Labute approximate surface area is 203 Å². The van der Waals surface area contributed by atoms with E-state index >= 15 is 0 Å². The molecule has 0 saturated carbocycles. The fraction of sp³-hybridized carbons (Fsp3) is 0.391. The van der Waals surface area contributed by atoms with Gasteiger partial charge in [-0.2, -0.15) is 4.31 Å². The number of nitrogens with one attached hydrogen (secondary N) is 1. The number of thioether (sulfide) groups is 1. The van der Waals surface area contributed by atoms with E-state index in [1.807, 2.05) is 25.1 Å². The first-order valence-corrected chi connectivity index (χ1v) is 13.7. The van der Waals surface area contributed by atoms with Gasteiger partial charge in [-0.3, -0.25) is 9.59 Å². The number of anilines is 1. The van der Waals surface area contributed by atoms with Crippen LogP contribution >= 0.6 is 23.4 Å². The van der Waals surface area contributed by atoms with Crippen LogP contribution in [0.5, 0.6) is 0 Å². The van der Waals surface area contributed by atoms with Crippen molar-refractivity contribution in [2.24, 2.45) is 5.92 Å². The maximum atomic E-state index is 13.1. The topological polar surface area (TPSA) is 86.8 Å². The molecular formula is C23H26ClN3O4S2. The smallest absolute Gasteiger partial charge is 0.243 e. The molecule has 2 heterocycles. The monoisotopic (exact) mass is 507 g/mol. The number of carbonyl (C=O) groups is 2. The SMILES string of the molecule is CC1CSc2ccc(S(=O)(=O)N3CCCC3)cc2N(CC(=O)NCc2ccccc2Cl)C1=O. The van der Waals surface area contributed by atoms with Crippen LogP contribution in [0.25, 0.3) is 0 Å². The van der Waals surface area contributed by atoms with E-state index in [0.29, 0.717) is 29.6 Å². The summed E-state index contributed by atoms with van der Waals surface area (Å²) in [6.45, 7) is 2.85. The molecule has 7 nitrogen and oxygen atoms in total. The molecule has 2 aliphatic heterocycles. The van der Waals surface area contributed by atoms with E-state index in [1.54, 1.807) is 18.2 Å². The number of amides is 2. The molecule has 2 amide bonds. The zero-order chi connectivity index (χ0) is 23.6. The lowest BCUT2D eigenvalue weighted by Crippen LogP contribution is -2.43. The van der Waals surface area contributed by atoms with Crippen molar-refractivity contribution in [2.75, 3.05) is 30.3 Å². The van der Waals surface area contributed by atoms with Gasteiger partial charge in [-0.15, -0.1) is 11.8 Å². The second kappa shape index (κ2) is 10.0. The van der Waals surface area contributed by atoms with Crippen molar-refractivity contribution in [1.82, 2.24) is 9.62 Å². The van der Waals surface area contributed by atoms with Crippen LogP contribution in [-0.2, 0) is 26.2 Å². The summed E-state index contributed by atoms with van der Waals surface area (Å²) in [5.74, 6) is -0.301. The molecule has 1 saturated heterocycles. The highest BCUT2D eigenvalue weighted by Gasteiger charge is 2.33. The minimum Gasteiger partial charge on any atom is -0.350 e. The van der Waals surface area contributed by atoms with Crippen LogP contribution in [0.1, 0.15) is 25.3 Å². The van der Waals surface area contributed by atoms with Crippen molar-refractivity contribution in [3.8, 4) is 0 Å².